The van der Waals surface area contributed by atoms with Crippen molar-refractivity contribution in [2.24, 2.45) is 17.8 Å². The van der Waals surface area contributed by atoms with Crippen LogP contribution < -0.4 is 4.74 Å². The average Bonchev–Trinajstić information content (AvgIpc) is 2.90. The van der Waals surface area contributed by atoms with Crippen LogP contribution in [0.15, 0.2) is 18.2 Å². The number of fused-ring (bicyclic) bond motifs is 3. The van der Waals surface area contributed by atoms with Gasteiger partial charge < -0.3 is 9.64 Å². The molecule has 2 aliphatic carbocycles. The highest BCUT2D eigenvalue weighted by Crippen LogP contribution is 2.66. The maximum absolute atomic E-state index is 12.8. The lowest BCUT2D eigenvalue weighted by atomic mass is 9.84. The van der Waals surface area contributed by atoms with Crippen molar-refractivity contribution >= 4 is 11.7 Å². The van der Waals surface area contributed by atoms with Gasteiger partial charge in [0.05, 0.1) is 12.0 Å². The van der Waals surface area contributed by atoms with Crippen molar-refractivity contribution in [3.63, 3.8) is 0 Å². The quantitative estimate of drug-likeness (QED) is 0.797. The van der Waals surface area contributed by atoms with Crippen molar-refractivity contribution in [2.75, 3.05) is 13.1 Å². The lowest BCUT2D eigenvalue weighted by Gasteiger charge is -2.37. The molecule has 126 valence electrons. The summed E-state index contributed by atoms with van der Waals surface area (Å²) >= 11 is 0. The summed E-state index contributed by atoms with van der Waals surface area (Å²) in [5.41, 5.74) is 1.37. The van der Waals surface area contributed by atoms with Crippen LogP contribution in [0.2, 0.25) is 0 Å². The molecule has 4 atom stereocenters. The highest BCUT2D eigenvalue weighted by molar-refractivity contribution is 6.01. The Bertz CT molecular complexity index is 736. The van der Waals surface area contributed by atoms with Gasteiger partial charge >= 0.3 is 0 Å². The van der Waals surface area contributed by atoms with Crippen molar-refractivity contribution in [3.8, 4) is 5.75 Å². The van der Waals surface area contributed by atoms with Crippen LogP contribution in [-0.2, 0) is 4.79 Å². The molecule has 2 aliphatic heterocycles. The normalized spacial score (nSPS) is 36.5. The highest BCUT2D eigenvalue weighted by Gasteiger charge is 2.71. The van der Waals surface area contributed by atoms with Gasteiger partial charge in [-0.05, 0) is 50.7 Å². The van der Waals surface area contributed by atoms with Crippen LogP contribution in [0.4, 0.5) is 0 Å². The van der Waals surface area contributed by atoms with Gasteiger partial charge in [-0.25, -0.2) is 0 Å². The summed E-state index contributed by atoms with van der Waals surface area (Å²) < 4.78 is 6.41. The van der Waals surface area contributed by atoms with Crippen LogP contribution in [0, 0.1) is 24.7 Å². The standard InChI is InChI=1S/C20H23NO3/c1-12-4-5-16-14(10-12)15(22)11-20(24-16)7-6-13-17(18(13)20)19(23)21-8-2-3-9-21/h4-5,10,13,17-18H,2-3,6-9,11H2,1H3/t13-,17+,18+,20+/m1/s1. The number of hydrogen-bond acceptors (Lipinski definition) is 3. The molecule has 0 unspecified atom stereocenters. The number of carbonyl (C=O) groups is 2. The number of carbonyl (C=O) groups excluding carboxylic acids is 2. The Morgan fingerprint density at radius 1 is 1.29 bits per heavy atom. The van der Waals surface area contributed by atoms with E-state index in [0.29, 0.717) is 23.8 Å². The van der Waals surface area contributed by atoms with E-state index in [1.54, 1.807) is 0 Å². The number of rotatable bonds is 1. The van der Waals surface area contributed by atoms with Gasteiger partial charge in [0, 0.05) is 24.9 Å². The maximum atomic E-state index is 12.8. The number of amides is 1. The third-order valence-electron chi connectivity index (χ3n) is 6.59. The molecule has 2 saturated carbocycles. The van der Waals surface area contributed by atoms with Crippen LogP contribution in [0.25, 0.3) is 0 Å². The molecule has 1 aromatic carbocycles. The lowest BCUT2D eigenvalue weighted by Crippen LogP contribution is -2.44. The molecule has 0 radical (unpaired) electrons. The largest absolute Gasteiger partial charge is 0.486 e. The van der Waals surface area contributed by atoms with E-state index in [2.05, 4.69) is 0 Å². The topological polar surface area (TPSA) is 46.6 Å². The van der Waals surface area contributed by atoms with Gasteiger partial charge in [-0.1, -0.05) is 11.6 Å². The number of aryl methyl sites for hydroxylation is 1. The SMILES string of the molecule is Cc1ccc2c(c1)C(=O)C[C@]1(CC[C@@H]3[C@H](C(=O)N4CCCC4)[C@H]31)O2. The molecule has 1 spiro atoms. The second-order valence-corrected chi connectivity index (χ2v) is 8.05. The molecule has 0 aromatic heterocycles. The molecule has 24 heavy (non-hydrogen) atoms. The summed E-state index contributed by atoms with van der Waals surface area (Å²) in [6.45, 7) is 3.81. The number of hydrogen-bond donors (Lipinski definition) is 0. The average molecular weight is 325 g/mol. The maximum Gasteiger partial charge on any atom is 0.226 e. The van der Waals surface area contributed by atoms with Gasteiger partial charge in [0.15, 0.2) is 5.78 Å². The van der Waals surface area contributed by atoms with Gasteiger partial charge in [-0.15, -0.1) is 0 Å². The first-order valence-corrected chi connectivity index (χ1v) is 9.21. The van der Waals surface area contributed by atoms with Crippen LogP contribution in [0.5, 0.6) is 5.75 Å². The molecule has 1 saturated heterocycles. The molecule has 0 N–H and O–H groups in total. The predicted molar refractivity (Wildman–Crippen MR) is 89.0 cm³/mol. The fraction of sp³-hybridized carbons (Fsp3) is 0.600. The van der Waals surface area contributed by atoms with Gasteiger partial charge in [0.2, 0.25) is 5.91 Å². The van der Waals surface area contributed by atoms with Crippen molar-refractivity contribution in [3.05, 3.63) is 29.3 Å². The minimum atomic E-state index is -0.427. The van der Waals surface area contributed by atoms with Gasteiger partial charge in [0.1, 0.15) is 11.4 Å². The summed E-state index contributed by atoms with van der Waals surface area (Å²) in [5.74, 6) is 1.97. The first-order chi connectivity index (χ1) is 11.6. The Balaban J connectivity index is 1.42. The number of ether oxygens (including phenoxy) is 1. The van der Waals surface area contributed by atoms with E-state index in [1.807, 2.05) is 30.0 Å². The number of ketones is 1. The Hall–Kier alpha value is -1.84. The number of likely N-dealkylation sites (tertiary alicyclic amines) is 1. The van der Waals surface area contributed by atoms with Crippen molar-refractivity contribution in [1.82, 2.24) is 4.90 Å². The summed E-state index contributed by atoms with van der Waals surface area (Å²) in [7, 11) is 0. The van der Waals surface area contributed by atoms with E-state index < -0.39 is 5.60 Å². The van der Waals surface area contributed by atoms with Gasteiger partial charge in [0.25, 0.3) is 0 Å². The zero-order chi connectivity index (χ0) is 16.5. The minimum Gasteiger partial charge on any atom is -0.486 e. The minimum absolute atomic E-state index is 0.0941. The van der Waals surface area contributed by atoms with Crippen LogP contribution in [0.3, 0.4) is 0 Å². The third-order valence-corrected chi connectivity index (χ3v) is 6.59. The van der Waals surface area contributed by atoms with Crippen molar-refractivity contribution < 1.29 is 14.3 Å². The second-order valence-electron chi connectivity index (χ2n) is 8.05. The molecule has 4 nitrogen and oxygen atoms in total. The highest BCUT2D eigenvalue weighted by atomic mass is 16.5. The molecule has 4 aliphatic rings. The van der Waals surface area contributed by atoms with Crippen molar-refractivity contribution in [1.29, 1.82) is 0 Å². The summed E-state index contributed by atoms with van der Waals surface area (Å²) in [4.78, 5) is 27.6. The molecule has 3 fully saturated rings. The van der Waals surface area contributed by atoms with E-state index in [1.165, 1.54) is 0 Å². The molecule has 0 bridgehead atoms. The summed E-state index contributed by atoms with van der Waals surface area (Å²) in [5, 5.41) is 0. The lowest BCUT2D eigenvalue weighted by molar-refractivity contribution is -0.133. The number of Topliss-reactive ketones (excluding diaryl/α,β-unsaturated/α-hetero) is 1. The zero-order valence-electron chi connectivity index (χ0n) is 14.1. The molecule has 1 aromatic rings. The molecule has 2 heterocycles. The molecule has 5 rings (SSSR count). The predicted octanol–water partition coefficient (Wildman–Crippen LogP) is 2.98. The first kappa shape index (κ1) is 14.5. The Morgan fingerprint density at radius 3 is 2.88 bits per heavy atom. The Labute approximate surface area is 142 Å². The fourth-order valence-electron chi connectivity index (χ4n) is 5.41. The molecular formula is C20H23NO3. The van der Waals surface area contributed by atoms with E-state index in [-0.39, 0.29) is 17.6 Å². The zero-order valence-corrected chi connectivity index (χ0v) is 14.1. The monoisotopic (exact) mass is 325 g/mol. The first-order valence-electron chi connectivity index (χ1n) is 9.21. The smallest absolute Gasteiger partial charge is 0.226 e. The van der Waals surface area contributed by atoms with E-state index >= 15 is 0 Å². The Kier molecular flexibility index (Phi) is 2.92. The summed E-state index contributed by atoms with van der Waals surface area (Å²) in [6.07, 6.45) is 4.62. The van der Waals surface area contributed by atoms with E-state index in [4.69, 9.17) is 4.74 Å². The summed E-state index contributed by atoms with van der Waals surface area (Å²) in [6, 6.07) is 5.85. The Morgan fingerprint density at radius 2 is 2.08 bits per heavy atom. The molecule has 4 heteroatoms. The number of benzene rings is 1. The van der Waals surface area contributed by atoms with Gasteiger partial charge in [-0.3, -0.25) is 9.59 Å². The third kappa shape index (κ3) is 1.92. The van der Waals surface area contributed by atoms with E-state index in [9.17, 15) is 9.59 Å². The van der Waals surface area contributed by atoms with E-state index in [0.717, 1.165) is 50.1 Å². The molecular weight excluding hydrogens is 302 g/mol. The van der Waals surface area contributed by atoms with Crippen LogP contribution in [-0.4, -0.2) is 35.3 Å². The van der Waals surface area contributed by atoms with Crippen molar-refractivity contribution in [2.45, 2.75) is 44.6 Å². The van der Waals surface area contributed by atoms with Crippen LogP contribution in [0.1, 0.15) is 48.0 Å². The second kappa shape index (κ2) is 4.84. The van der Waals surface area contributed by atoms with Gasteiger partial charge in [-0.2, -0.15) is 0 Å². The number of nitrogens with zero attached hydrogens (tertiary/aromatic N) is 1. The fourth-order valence-corrected chi connectivity index (χ4v) is 5.41. The molecule has 1 amide bonds. The van der Waals surface area contributed by atoms with Crippen LogP contribution >= 0.6 is 0 Å².